The standard InChI is InChI=1S/C15H16N2O4/c1-3-20-14(18)7-11-10-5-4-9(19-2)6-13(10)21-15(17)12(11)8-16/h4-6,11H,3,7,17H2,1-2H3. The smallest absolute Gasteiger partial charge is 0.306 e. The van der Waals surface area contributed by atoms with Crippen LogP contribution in [0.25, 0.3) is 0 Å². The van der Waals surface area contributed by atoms with Gasteiger partial charge in [0.2, 0.25) is 5.88 Å². The molecule has 1 aromatic rings. The monoisotopic (exact) mass is 288 g/mol. The average Bonchev–Trinajstić information content (AvgIpc) is 2.46. The molecular formula is C15H16N2O4. The van der Waals surface area contributed by atoms with E-state index in [1.807, 2.05) is 6.07 Å². The number of hydrogen-bond donors (Lipinski definition) is 1. The van der Waals surface area contributed by atoms with Gasteiger partial charge in [-0.15, -0.1) is 0 Å². The van der Waals surface area contributed by atoms with E-state index in [1.165, 1.54) is 0 Å². The molecule has 1 unspecified atom stereocenters. The molecule has 0 saturated heterocycles. The van der Waals surface area contributed by atoms with Crippen molar-refractivity contribution in [1.29, 1.82) is 5.26 Å². The average molecular weight is 288 g/mol. The molecule has 21 heavy (non-hydrogen) atoms. The van der Waals surface area contributed by atoms with Crippen molar-refractivity contribution in [2.45, 2.75) is 19.3 Å². The highest BCUT2D eigenvalue weighted by Crippen LogP contribution is 2.41. The van der Waals surface area contributed by atoms with Crippen LogP contribution in [0.5, 0.6) is 11.5 Å². The van der Waals surface area contributed by atoms with Crippen LogP contribution in [-0.2, 0) is 9.53 Å². The van der Waals surface area contributed by atoms with E-state index in [4.69, 9.17) is 19.9 Å². The summed E-state index contributed by atoms with van der Waals surface area (Å²) in [5.74, 6) is 0.250. The Morgan fingerprint density at radius 1 is 1.52 bits per heavy atom. The molecule has 0 amide bonds. The second-order valence-corrected chi connectivity index (χ2v) is 4.46. The van der Waals surface area contributed by atoms with Gasteiger partial charge in [0.15, 0.2) is 0 Å². The highest BCUT2D eigenvalue weighted by molar-refractivity contribution is 5.72. The maximum absolute atomic E-state index is 11.8. The van der Waals surface area contributed by atoms with Crippen LogP contribution in [0.4, 0.5) is 0 Å². The highest BCUT2D eigenvalue weighted by atomic mass is 16.5. The number of ether oxygens (including phenoxy) is 3. The number of fused-ring (bicyclic) bond motifs is 1. The van der Waals surface area contributed by atoms with E-state index >= 15 is 0 Å². The van der Waals surface area contributed by atoms with Gasteiger partial charge >= 0.3 is 5.97 Å². The molecule has 1 aliphatic rings. The third-order valence-corrected chi connectivity index (χ3v) is 3.23. The topological polar surface area (TPSA) is 94.6 Å². The van der Waals surface area contributed by atoms with Crippen molar-refractivity contribution in [3.63, 3.8) is 0 Å². The highest BCUT2D eigenvalue weighted by Gasteiger charge is 2.31. The lowest BCUT2D eigenvalue weighted by Crippen LogP contribution is -2.22. The van der Waals surface area contributed by atoms with Gasteiger partial charge in [-0.3, -0.25) is 4.79 Å². The Morgan fingerprint density at radius 2 is 2.29 bits per heavy atom. The van der Waals surface area contributed by atoms with Crippen molar-refractivity contribution in [3.8, 4) is 17.6 Å². The molecular weight excluding hydrogens is 272 g/mol. The molecule has 2 N–H and O–H groups in total. The van der Waals surface area contributed by atoms with Crippen molar-refractivity contribution in [3.05, 3.63) is 35.2 Å². The number of benzene rings is 1. The minimum atomic E-state index is -0.469. The Kier molecular flexibility index (Phi) is 4.33. The van der Waals surface area contributed by atoms with E-state index in [2.05, 4.69) is 0 Å². The molecule has 1 aliphatic heterocycles. The molecule has 1 heterocycles. The predicted molar refractivity (Wildman–Crippen MR) is 74.4 cm³/mol. The summed E-state index contributed by atoms with van der Waals surface area (Å²) >= 11 is 0. The van der Waals surface area contributed by atoms with Crippen molar-refractivity contribution in [2.75, 3.05) is 13.7 Å². The largest absolute Gasteiger partial charge is 0.497 e. The molecule has 0 radical (unpaired) electrons. The van der Waals surface area contributed by atoms with E-state index in [0.29, 0.717) is 18.1 Å². The zero-order valence-corrected chi connectivity index (χ0v) is 11.9. The van der Waals surface area contributed by atoms with Crippen molar-refractivity contribution < 1.29 is 19.0 Å². The molecule has 0 aliphatic carbocycles. The summed E-state index contributed by atoms with van der Waals surface area (Å²) in [5, 5.41) is 9.26. The number of nitrogens with two attached hydrogens (primary N) is 1. The molecule has 0 bridgehead atoms. The Hall–Kier alpha value is -2.68. The molecule has 0 aromatic heterocycles. The summed E-state index contributed by atoms with van der Waals surface area (Å²) in [5.41, 5.74) is 6.73. The summed E-state index contributed by atoms with van der Waals surface area (Å²) in [6, 6.07) is 7.20. The SMILES string of the molecule is CCOC(=O)CC1C(C#N)=C(N)Oc2cc(OC)ccc21. The lowest BCUT2D eigenvalue weighted by molar-refractivity contribution is -0.143. The Bertz CT molecular complexity index is 631. The van der Waals surface area contributed by atoms with Gasteiger partial charge in [-0.25, -0.2) is 0 Å². The molecule has 110 valence electrons. The molecule has 0 saturated carbocycles. The summed E-state index contributed by atoms with van der Waals surface area (Å²) < 4.78 is 15.5. The van der Waals surface area contributed by atoms with Crippen LogP contribution in [0.15, 0.2) is 29.7 Å². The number of carbonyl (C=O) groups is 1. The van der Waals surface area contributed by atoms with Gasteiger partial charge in [0.05, 0.1) is 25.7 Å². The number of carbonyl (C=O) groups excluding carboxylic acids is 1. The lowest BCUT2D eigenvalue weighted by atomic mass is 9.86. The number of esters is 1. The second kappa shape index (κ2) is 6.18. The third-order valence-electron chi connectivity index (χ3n) is 3.23. The summed E-state index contributed by atoms with van der Waals surface area (Å²) in [6.45, 7) is 2.02. The van der Waals surface area contributed by atoms with Crippen LogP contribution in [0.1, 0.15) is 24.8 Å². The first-order valence-electron chi connectivity index (χ1n) is 6.51. The van der Waals surface area contributed by atoms with Crippen LogP contribution in [-0.4, -0.2) is 19.7 Å². The quantitative estimate of drug-likeness (QED) is 0.849. The molecule has 6 heteroatoms. The minimum Gasteiger partial charge on any atom is -0.497 e. The number of nitriles is 1. The summed E-state index contributed by atoms with van der Waals surface area (Å²) in [7, 11) is 1.54. The van der Waals surface area contributed by atoms with E-state index in [9.17, 15) is 10.1 Å². The van der Waals surface area contributed by atoms with Crippen molar-refractivity contribution in [1.82, 2.24) is 0 Å². The van der Waals surface area contributed by atoms with Crippen LogP contribution in [0.2, 0.25) is 0 Å². The minimum absolute atomic E-state index is 0.00699. The fourth-order valence-electron chi connectivity index (χ4n) is 2.25. The van der Waals surface area contributed by atoms with Crippen LogP contribution < -0.4 is 15.2 Å². The fourth-order valence-corrected chi connectivity index (χ4v) is 2.25. The van der Waals surface area contributed by atoms with Gasteiger partial charge in [0.1, 0.15) is 17.6 Å². The van der Waals surface area contributed by atoms with E-state index in [1.54, 1.807) is 32.2 Å². The second-order valence-electron chi connectivity index (χ2n) is 4.46. The summed E-state index contributed by atoms with van der Waals surface area (Å²) in [6.07, 6.45) is 0.0418. The van der Waals surface area contributed by atoms with Gasteiger partial charge in [0.25, 0.3) is 0 Å². The zero-order chi connectivity index (χ0) is 15.4. The van der Waals surface area contributed by atoms with E-state index in [0.717, 1.165) is 5.56 Å². The first-order chi connectivity index (χ1) is 10.1. The number of hydrogen-bond acceptors (Lipinski definition) is 6. The molecule has 2 rings (SSSR count). The lowest BCUT2D eigenvalue weighted by Gasteiger charge is -2.25. The van der Waals surface area contributed by atoms with Gasteiger partial charge in [-0.05, 0) is 13.0 Å². The molecule has 0 spiro atoms. The molecule has 6 nitrogen and oxygen atoms in total. The van der Waals surface area contributed by atoms with Crippen LogP contribution >= 0.6 is 0 Å². The first kappa shape index (κ1) is 14.7. The predicted octanol–water partition coefficient (Wildman–Crippen LogP) is 1.82. The molecule has 0 fully saturated rings. The van der Waals surface area contributed by atoms with E-state index < -0.39 is 5.92 Å². The number of nitrogens with zero attached hydrogens (tertiary/aromatic N) is 1. The normalized spacial score (nSPS) is 16.5. The number of methoxy groups -OCH3 is 1. The van der Waals surface area contributed by atoms with Gasteiger partial charge in [0, 0.05) is 17.5 Å². The fraction of sp³-hybridized carbons (Fsp3) is 0.333. The van der Waals surface area contributed by atoms with Crippen LogP contribution in [0.3, 0.4) is 0 Å². The zero-order valence-electron chi connectivity index (χ0n) is 11.9. The van der Waals surface area contributed by atoms with Crippen LogP contribution in [0, 0.1) is 11.3 Å². The third kappa shape index (κ3) is 2.92. The molecule has 1 atom stereocenters. The van der Waals surface area contributed by atoms with Gasteiger partial charge in [-0.1, -0.05) is 6.07 Å². The first-order valence-corrected chi connectivity index (χ1v) is 6.51. The van der Waals surface area contributed by atoms with Gasteiger partial charge in [-0.2, -0.15) is 5.26 Å². The Balaban J connectivity index is 2.41. The van der Waals surface area contributed by atoms with Gasteiger partial charge < -0.3 is 19.9 Å². The van der Waals surface area contributed by atoms with Crippen molar-refractivity contribution in [2.24, 2.45) is 5.73 Å². The van der Waals surface area contributed by atoms with Crippen molar-refractivity contribution >= 4 is 5.97 Å². The maximum Gasteiger partial charge on any atom is 0.306 e. The number of rotatable bonds is 4. The van der Waals surface area contributed by atoms with E-state index in [-0.39, 0.29) is 23.8 Å². The number of allylic oxidation sites excluding steroid dienone is 1. The maximum atomic E-state index is 11.8. The summed E-state index contributed by atoms with van der Waals surface area (Å²) in [4.78, 5) is 11.8. The molecule has 1 aromatic carbocycles. The Morgan fingerprint density at radius 3 is 2.90 bits per heavy atom. The Labute approximate surface area is 122 Å².